The Morgan fingerprint density at radius 3 is 2.80 bits per heavy atom. The monoisotopic (exact) mass is 211 g/mol. The highest BCUT2D eigenvalue weighted by Gasteiger charge is 2.05. The molecule has 0 bridgehead atoms. The highest BCUT2D eigenvalue weighted by molar-refractivity contribution is 5.02. The molecule has 0 radical (unpaired) electrons. The lowest BCUT2D eigenvalue weighted by atomic mass is 10.2. The zero-order chi connectivity index (χ0) is 10.9. The van der Waals surface area contributed by atoms with E-state index in [1.54, 1.807) is 6.26 Å². The summed E-state index contributed by atoms with van der Waals surface area (Å²) in [5.41, 5.74) is 0. The van der Waals surface area contributed by atoms with Crippen LogP contribution in [0.3, 0.4) is 0 Å². The third-order valence-electron chi connectivity index (χ3n) is 2.51. The Bertz CT molecular complexity index is 234. The Hall–Kier alpha value is -0.800. The highest BCUT2D eigenvalue weighted by Crippen LogP contribution is 2.12. The molecule has 1 heterocycles. The fraction of sp³-hybridized carbons (Fsp3) is 0.667. The van der Waals surface area contributed by atoms with E-state index in [9.17, 15) is 0 Å². The summed E-state index contributed by atoms with van der Waals surface area (Å²) >= 11 is 0. The van der Waals surface area contributed by atoms with Gasteiger partial charge in [0, 0.05) is 6.61 Å². The predicted molar refractivity (Wildman–Crippen MR) is 60.7 cm³/mol. The van der Waals surface area contributed by atoms with E-state index in [-0.39, 0.29) is 6.04 Å². The van der Waals surface area contributed by atoms with Gasteiger partial charge in [0.25, 0.3) is 0 Å². The molecule has 1 aromatic heterocycles. The second-order valence-corrected chi connectivity index (χ2v) is 3.83. The van der Waals surface area contributed by atoms with Gasteiger partial charge in [0.1, 0.15) is 5.76 Å². The number of furan rings is 1. The maximum absolute atomic E-state index is 8.61. The molecule has 15 heavy (non-hydrogen) atoms. The first kappa shape index (κ1) is 12.3. The van der Waals surface area contributed by atoms with Gasteiger partial charge >= 0.3 is 0 Å². The molecule has 1 aromatic rings. The molecule has 86 valence electrons. The van der Waals surface area contributed by atoms with Crippen LogP contribution in [0.5, 0.6) is 0 Å². The van der Waals surface area contributed by atoms with Gasteiger partial charge in [0.2, 0.25) is 0 Å². The van der Waals surface area contributed by atoms with Crippen LogP contribution in [0.25, 0.3) is 0 Å². The van der Waals surface area contributed by atoms with Crippen molar-refractivity contribution in [2.24, 2.45) is 0 Å². The largest absolute Gasteiger partial charge is 0.468 e. The van der Waals surface area contributed by atoms with E-state index >= 15 is 0 Å². The second-order valence-electron chi connectivity index (χ2n) is 3.83. The minimum atomic E-state index is 0.290. The van der Waals surface area contributed by atoms with Gasteiger partial charge in [0.15, 0.2) is 0 Å². The SMILES string of the molecule is C[C@@H](NCCCCCCO)c1ccco1. The summed E-state index contributed by atoms with van der Waals surface area (Å²) in [5.74, 6) is 0.991. The first-order valence-electron chi connectivity index (χ1n) is 5.72. The van der Waals surface area contributed by atoms with Crippen molar-refractivity contribution in [3.63, 3.8) is 0 Å². The van der Waals surface area contributed by atoms with Crippen LogP contribution >= 0.6 is 0 Å². The fourth-order valence-electron chi connectivity index (χ4n) is 1.55. The topological polar surface area (TPSA) is 45.4 Å². The van der Waals surface area contributed by atoms with Gasteiger partial charge in [0.05, 0.1) is 12.3 Å². The van der Waals surface area contributed by atoms with E-state index < -0.39 is 0 Å². The Kier molecular flexibility index (Phi) is 6.12. The zero-order valence-corrected chi connectivity index (χ0v) is 9.41. The van der Waals surface area contributed by atoms with E-state index in [0.29, 0.717) is 6.61 Å². The summed E-state index contributed by atoms with van der Waals surface area (Å²) in [7, 11) is 0. The number of nitrogens with one attached hydrogen (secondary N) is 1. The molecular weight excluding hydrogens is 190 g/mol. The molecule has 0 aromatic carbocycles. The van der Waals surface area contributed by atoms with Gasteiger partial charge in [-0.15, -0.1) is 0 Å². The van der Waals surface area contributed by atoms with Crippen LogP contribution in [-0.4, -0.2) is 18.3 Å². The van der Waals surface area contributed by atoms with Crippen LogP contribution in [0.1, 0.15) is 44.4 Å². The lowest BCUT2D eigenvalue weighted by molar-refractivity contribution is 0.282. The summed E-state index contributed by atoms with van der Waals surface area (Å²) in [6.45, 7) is 3.43. The standard InChI is InChI=1S/C12H21NO2/c1-11(12-7-6-10-15-12)13-8-4-2-3-5-9-14/h6-7,10-11,13-14H,2-5,8-9H2,1H3/t11-/m1/s1. The van der Waals surface area contributed by atoms with Crippen molar-refractivity contribution in [1.29, 1.82) is 0 Å². The molecule has 0 aliphatic carbocycles. The number of rotatable bonds is 8. The average Bonchev–Trinajstić information content (AvgIpc) is 2.76. The fourth-order valence-corrected chi connectivity index (χ4v) is 1.55. The first-order valence-corrected chi connectivity index (χ1v) is 5.72. The average molecular weight is 211 g/mol. The van der Waals surface area contributed by atoms with Crippen molar-refractivity contribution < 1.29 is 9.52 Å². The molecule has 0 saturated heterocycles. The van der Waals surface area contributed by atoms with Crippen LogP contribution in [0.15, 0.2) is 22.8 Å². The molecule has 0 unspecified atom stereocenters. The van der Waals surface area contributed by atoms with Crippen LogP contribution in [0, 0.1) is 0 Å². The molecule has 0 saturated carbocycles. The molecule has 0 aliphatic rings. The van der Waals surface area contributed by atoms with Crippen molar-refractivity contribution in [3.8, 4) is 0 Å². The number of unbranched alkanes of at least 4 members (excludes halogenated alkanes) is 3. The maximum atomic E-state index is 8.61. The maximum Gasteiger partial charge on any atom is 0.120 e. The Labute approximate surface area is 91.5 Å². The molecule has 3 heteroatoms. The van der Waals surface area contributed by atoms with Gasteiger partial charge in [-0.3, -0.25) is 0 Å². The first-order chi connectivity index (χ1) is 7.34. The lowest BCUT2D eigenvalue weighted by Crippen LogP contribution is -2.19. The molecule has 0 aliphatic heterocycles. The van der Waals surface area contributed by atoms with E-state index in [0.717, 1.165) is 31.6 Å². The molecule has 1 rings (SSSR count). The molecule has 3 nitrogen and oxygen atoms in total. The summed E-state index contributed by atoms with van der Waals surface area (Å²) in [4.78, 5) is 0. The van der Waals surface area contributed by atoms with Crippen molar-refractivity contribution in [2.75, 3.05) is 13.2 Å². The van der Waals surface area contributed by atoms with E-state index in [4.69, 9.17) is 9.52 Å². The molecule has 0 amide bonds. The molecule has 2 N–H and O–H groups in total. The third kappa shape index (κ3) is 5.00. The molecule has 1 atom stereocenters. The Morgan fingerprint density at radius 1 is 1.33 bits per heavy atom. The number of aliphatic hydroxyl groups is 1. The number of hydrogen-bond acceptors (Lipinski definition) is 3. The van der Waals surface area contributed by atoms with Gasteiger partial charge in [-0.1, -0.05) is 12.8 Å². The van der Waals surface area contributed by atoms with Crippen molar-refractivity contribution in [3.05, 3.63) is 24.2 Å². The quantitative estimate of drug-likeness (QED) is 0.649. The lowest BCUT2D eigenvalue weighted by Gasteiger charge is -2.10. The minimum Gasteiger partial charge on any atom is -0.468 e. The summed E-state index contributed by atoms with van der Waals surface area (Å²) in [5, 5.41) is 12.0. The van der Waals surface area contributed by atoms with Gasteiger partial charge in [-0.25, -0.2) is 0 Å². The van der Waals surface area contributed by atoms with Crippen LogP contribution in [0.2, 0.25) is 0 Å². The normalized spacial score (nSPS) is 12.9. The minimum absolute atomic E-state index is 0.290. The smallest absolute Gasteiger partial charge is 0.120 e. The van der Waals surface area contributed by atoms with Gasteiger partial charge < -0.3 is 14.8 Å². The van der Waals surface area contributed by atoms with E-state index in [1.807, 2.05) is 12.1 Å². The van der Waals surface area contributed by atoms with Crippen molar-refractivity contribution >= 4 is 0 Å². The van der Waals surface area contributed by atoms with E-state index in [1.165, 1.54) is 6.42 Å². The van der Waals surface area contributed by atoms with Crippen molar-refractivity contribution in [1.82, 2.24) is 5.32 Å². The summed E-state index contributed by atoms with van der Waals surface area (Å²) in [6.07, 6.45) is 6.08. The van der Waals surface area contributed by atoms with Crippen LogP contribution in [-0.2, 0) is 0 Å². The Morgan fingerprint density at radius 2 is 2.13 bits per heavy atom. The van der Waals surface area contributed by atoms with Gasteiger partial charge in [-0.05, 0) is 38.4 Å². The van der Waals surface area contributed by atoms with Gasteiger partial charge in [-0.2, -0.15) is 0 Å². The molecular formula is C12H21NO2. The number of hydrogen-bond donors (Lipinski definition) is 2. The molecule has 0 fully saturated rings. The van der Waals surface area contributed by atoms with Crippen molar-refractivity contribution in [2.45, 2.75) is 38.6 Å². The van der Waals surface area contributed by atoms with Crippen LogP contribution in [0.4, 0.5) is 0 Å². The Balaban J connectivity index is 2.00. The highest BCUT2D eigenvalue weighted by atomic mass is 16.3. The molecule has 0 spiro atoms. The summed E-state index contributed by atoms with van der Waals surface area (Å²) < 4.78 is 5.30. The van der Waals surface area contributed by atoms with E-state index in [2.05, 4.69) is 12.2 Å². The summed E-state index contributed by atoms with van der Waals surface area (Å²) in [6, 6.07) is 4.19. The zero-order valence-electron chi connectivity index (χ0n) is 9.41. The second kappa shape index (κ2) is 7.49. The third-order valence-corrected chi connectivity index (χ3v) is 2.51. The predicted octanol–water partition coefficient (Wildman–Crippen LogP) is 2.48. The van der Waals surface area contributed by atoms with Crippen LogP contribution < -0.4 is 5.32 Å². The number of aliphatic hydroxyl groups excluding tert-OH is 1.